The van der Waals surface area contributed by atoms with E-state index in [2.05, 4.69) is 5.32 Å². The molecule has 37 heavy (non-hydrogen) atoms. The summed E-state index contributed by atoms with van der Waals surface area (Å²) >= 11 is 0. The van der Waals surface area contributed by atoms with Crippen LogP contribution in [0.3, 0.4) is 0 Å². The summed E-state index contributed by atoms with van der Waals surface area (Å²) in [7, 11) is -4.42. The number of benzene rings is 2. The number of sulfone groups is 1. The average molecular weight is 559 g/mol. The van der Waals surface area contributed by atoms with E-state index in [1.165, 1.54) is 0 Å². The zero-order valence-corrected chi connectivity index (χ0v) is 19.7. The second-order valence-electron chi connectivity index (χ2n) is 8.68. The fourth-order valence-electron chi connectivity index (χ4n) is 4.55. The number of hydrogen-bond acceptors (Lipinski definition) is 4. The highest BCUT2D eigenvalue weighted by Crippen LogP contribution is 2.54. The Balaban J connectivity index is 2.11. The maximum Gasteiger partial charge on any atom is 0.435 e. The maximum absolute atomic E-state index is 14.5. The predicted molar refractivity (Wildman–Crippen MR) is 114 cm³/mol. The summed E-state index contributed by atoms with van der Waals surface area (Å²) in [5.41, 5.74) is -7.65. The van der Waals surface area contributed by atoms with Crippen molar-refractivity contribution in [3.05, 3.63) is 65.5 Å². The molecule has 204 valence electrons. The number of nitrogens with one attached hydrogen (secondary N) is 1. The number of carbonyl (C=O) groups excluding carboxylic acids is 1. The first-order chi connectivity index (χ1) is 17.0. The normalized spacial score (nSPS) is 21.5. The molecule has 14 heteroatoms. The summed E-state index contributed by atoms with van der Waals surface area (Å²) in [6, 6.07) is 5.03. The zero-order chi connectivity index (χ0) is 27.9. The Morgan fingerprint density at radius 2 is 1.38 bits per heavy atom. The second kappa shape index (κ2) is 9.86. The number of hydrogen-bond donors (Lipinski definition) is 2. The van der Waals surface area contributed by atoms with Gasteiger partial charge in [-0.1, -0.05) is 24.3 Å². The summed E-state index contributed by atoms with van der Waals surface area (Å²) in [5.74, 6) is -1.46. The van der Waals surface area contributed by atoms with Gasteiger partial charge < -0.3 is 10.4 Å². The minimum Gasteiger partial charge on any atom is -0.387 e. The van der Waals surface area contributed by atoms with Crippen molar-refractivity contribution in [3.63, 3.8) is 0 Å². The Hall–Kier alpha value is -2.74. The largest absolute Gasteiger partial charge is 0.435 e. The monoisotopic (exact) mass is 559 g/mol. The molecule has 0 saturated heterocycles. The van der Waals surface area contributed by atoms with Gasteiger partial charge >= 0.3 is 18.0 Å². The number of aliphatic hydroxyl groups excluding tert-OH is 1. The van der Waals surface area contributed by atoms with E-state index in [9.17, 15) is 48.3 Å². The molecule has 0 spiro atoms. The molecule has 2 aromatic carbocycles. The molecule has 3 rings (SSSR count). The van der Waals surface area contributed by atoms with Gasteiger partial charge in [0.25, 0.3) is 0 Å². The van der Waals surface area contributed by atoms with Crippen LogP contribution in [0, 0.1) is 5.82 Å². The first kappa shape index (κ1) is 28.8. The minimum atomic E-state index is -6.34. The first-order valence-electron chi connectivity index (χ1n) is 10.8. The number of rotatable bonds is 6. The number of amides is 1. The Kier molecular flexibility index (Phi) is 7.68. The predicted octanol–water partition coefficient (Wildman–Crippen LogP) is 4.84. The van der Waals surface area contributed by atoms with E-state index < -0.39 is 62.5 Å². The molecule has 5 nitrogen and oxygen atoms in total. The molecule has 0 aromatic heterocycles. The van der Waals surface area contributed by atoms with Gasteiger partial charge in [0.1, 0.15) is 17.2 Å². The highest BCUT2D eigenvalue weighted by atomic mass is 32.2. The topological polar surface area (TPSA) is 83.5 Å². The van der Waals surface area contributed by atoms with Crippen LogP contribution >= 0.6 is 0 Å². The van der Waals surface area contributed by atoms with Gasteiger partial charge in [-0.2, -0.15) is 26.3 Å². The van der Waals surface area contributed by atoms with Crippen molar-refractivity contribution in [1.29, 1.82) is 0 Å². The second-order valence-corrected chi connectivity index (χ2v) is 10.9. The van der Waals surface area contributed by atoms with Crippen LogP contribution in [0.25, 0.3) is 0 Å². The van der Waals surface area contributed by atoms with Crippen LogP contribution < -0.4 is 5.32 Å². The fraction of sp³-hybridized carbons (Fsp3) is 0.435. The molecular formula is C23H21F8NO4S. The summed E-state index contributed by atoms with van der Waals surface area (Å²) in [6.45, 7) is -0.819. The number of alkyl halides is 7. The van der Waals surface area contributed by atoms with Crippen molar-refractivity contribution >= 4 is 15.7 Å². The van der Waals surface area contributed by atoms with Gasteiger partial charge in [-0.15, -0.1) is 0 Å². The van der Waals surface area contributed by atoms with Crippen molar-refractivity contribution in [2.24, 2.45) is 0 Å². The average Bonchev–Trinajstić information content (AvgIpc) is 2.83. The van der Waals surface area contributed by atoms with Crippen molar-refractivity contribution in [2.75, 3.05) is 6.61 Å². The quantitative estimate of drug-likeness (QED) is 0.392. The summed E-state index contributed by atoms with van der Waals surface area (Å²) in [4.78, 5) is 11.2. The van der Waals surface area contributed by atoms with Gasteiger partial charge in [-0.3, -0.25) is 4.79 Å². The summed E-state index contributed by atoms with van der Waals surface area (Å²) < 4.78 is 132. The summed E-state index contributed by atoms with van der Waals surface area (Å²) in [6.07, 6.45) is -13.1. The number of aliphatic hydroxyl groups is 1. The Labute approximate surface area is 206 Å². The lowest BCUT2D eigenvalue weighted by atomic mass is 9.80. The van der Waals surface area contributed by atoms with Crippen LogP contribution in [-0.4, -0.2) is 44.4 Å². The highest BCUT2D eigenvalue weighted by Gasteiger charge is 2.73. The van der Waals surface area contributed by atoms with E-state index in [0.29, 0.717) is 12.1 Å². The highest BCUT2D eigenvalue weighted by molar-refractivity contribution is 7.92. The van der Waals surface area contributed by atoms with Gasteiger partial charge in [0.05, 0.1) is 4.90 Å². The lowest BCUT2D eigenvalue weighted by Crippen LogP contribution is -2.50. The van der Waals surface area contributed by atoms with E-state index >= 15 is 0 Å². The van der Waals surface area contributed by atoms with Crippen molar-refractivity contribution in [3.8, 4) is 0 Å². The fourth-order valence-corrected chi connectivity index (χ4v) is 6.71. The van der Waals surface area contributed by atoms with Crippen LogP contribution in [0.5, 0.6) is 0 Å². The van der Waals surface area contributed by atoms with Crippen LogP contribution in [0.4, 0.5) is 35.1 Å². The molecule has 2 N–H and O–H groups in total. The molecule has 2 aromatic rings. The van der Waals surface area contributed by atoms with Crippen molar-refractivity contribution in [2.45, 2.75) is 59.4 Å². The molecule has 0 atom stereocenters. The van der Waals surface area contributed by atoms with Gasteiger partial charge in [0.15, 0.2) is 9.84 Å². The van der Waals surface area contributed by atoms with Crippen LogP contribution in [0.2, 0.25) is 0 Å². The molecule has 1 saturated carbocycles. The van der Waals surface area contributed by atoms with E-state index in [-0.39, 0.29) is 48.3 Å². The van der Waals surface area contributed by atoms with Crippen LogP contribution in [-0.2, 0) is 25.0 Å². The molecule has 0 radical (unpaired) electrons. The van der Waals surface area contributed by atoms with Gasteiger partial charge in [-0.25, -0.2) is 17.2 Å². The van der Waals surface area contributed by atoms with Crippen LogP contribution in [0.15, 0.2) is 53.4 Å². The minimum absolute atomic E-state index is 0.0199. The first-order valence-corrected chi connectivity index (χ1v) is 12.3. The third-order valence-corrected chi connectivity index (χ3v) is 9.10. The molecule has 1 aliphatic rings. The van der Waals surface area contributed by atoms with Gasteiger partial charge in [0.2, 0.25) is 5.91 Å². The van der Waals surface area contributed by atoms with E-state index in [0.717, 1.165) is 24.3 Å². The molecule has 0 unspecified atom stereocenters. The molecule has 0 heterocycles. The molecule has 1 aliphatic carbocycles. The van der Waals surface area contributed by atoms with E-state index in [1.54, 1.807) is 0 Å². The molecule has 1 amide bonds. The summed E-state index contributed by atoms with van der Waals surface area (Å²) in [5, 5.41) is 11.4. The zero-order valence-electron chi connectivity index (χ0n) is 18.8. The van der Waals surface area contributed by atoms with Crippen LogP contribution in [0.1, 0.15) is 36.8 Å². The SMILES string of the molecule is O=C(CO)NC1CCC(c2ccc(C(F)(C(F)(F)F)C(F)(F)F)cc2)(S(=O)(=O)c2ccc(F)cc2)CC1. The molecule has 0 bridgehead atoms. The van der Waals surface area contributed by atoms with E-state index in [1.807, 2.05) is 0 Å². The van der Waals surface area contributed by atoms with Gasteiger partial charge in [-0.05, 0) is 55.5 Å². The smallest absolute Gasteiger partial charge is 0.387 e. The maximum atomic E-state index is 14.5. The Morgan fingerprint density at radius 1 is 0.892 bits per heavy atom. The number of halogens is 8. The third kappa shape index (κ3) is 5.05. The molecular weight excluding hydrogens is 538 g/mol. The van der Waals surface area contributed by atoms with Gasteiger partial charge in [0, 0.05) is 11.6 Å². The Morgan fingerprint density at radius 3 is 1.81 bits per heavy atom. The van der Waals surface area contributed by atoms with Crippen molar-refractivity contribution < 1.29 is 53.4 Å². The third-order valence-electron chi connectivity index (χ3n) is 6.53. The lowest BCUT2D eigenvalue weighted by molar-refractivity contribution is -0.348. The standard InChI is InChI=1S/C23H21F8NO4S/c24-16-5-7-18(8-6-16)37(35,36)20(11-9-17(10-12-20)32-19(34)13-33)14-1-3-15(4-2-14)21(25,22(26,27)28)23(29,30)31/h1-8,17,33H,9-13H2,(H,32,34). The molecule has 1 fully saturated rings. The Bertz CT molecular complexity index is 1200. The van der Waals surface area contributed by atoms with E-state index in [4.69, 9.17) is 5.11 Å². The lowest BCUT2D eigenvalue weighted by Gasteiger charge is -2.40. The number of carbonyl (C=O) groups is 1. The van der Waals surface area contributed by atoms with Crippen molar-refractivity contribution in [1.82, 2.24) is 5.32 Å². The molecule has 0 aliphatic heterocycles.